The average Bonchev–Trinajstić information content (AvgIpc) is 3.73. The highest BCUT2D eigenvalue weighted by molar-refractivity contribution is 6.24. The van der Waals surface area contributed by atoms with Crippen molar-refractivity contribution in [2.45, 2.75) is 19.3 Å². The van der Waals surface area contributed by atoms with Crippen LogP contribution in [-0.4, -0.2) is 0 Å². The summed E-state index contributed by atoms with van der Waals surface area (Å²) < 4.78 is 6.70. The largest absolute Gasteiger partial charge is 0.456 e. The molecule has 0 saturated heterocycles. The molecule has 0 radical (unpaired) electrons. The highest BCUT2D eigenvalue weighted by Gasteiger charge is 2.40. The zero-order chi connectivity index (χ0) is 37.1. The van der Waals surface area contributed by atoms with Gasteiger partial charge in [-0.05, 0) is 111 Å². The lowest BCUT2D eigenvalue weighted by Gasteiger charge is -2.25. The maximum absolute atomic E-state index is 6.70. The van der Waals surface area contributed by atoms with Crippen LogP contribution in [0.1, 0.15) is 25.0 Å². The molecule has 56 heavy (non-hydrogen) atoms. The van der Waals surface area contributed by atoms with E-state index in [0.29, 0.717) is 0 Å². The van der Waals surface area contributed by atoms with Crippen molar-refractivity contribution in [2.75, 3.05) is 0 Å². The minimum Gasteiger partial charge on any atom is -0.456 e. The van der Waals surface area contributed by atoms with Gasteiger partial charge in [-0.3, -0.25) is 0 Å². The topological polar surface area (TPSA) is 13.1 Å². The molecular formula is C55H36O. The highest BCUT2D eigenvalue weighted by Crippen LogP contribution is 2.57. The molecule has 0 fully saturated rings. The van der Waals surface area contributed by atoms with Crippen LogP contribution in [0, 0.1) is 0 Å². The molecule has 1 aliphatic carbocycles. The van der Waals surface area contributed by atoms with Gasteiger partial charge < -0.3 is 4.42 Å². The standard InChI is InChI=1S/C55H36O/c1-55(2)46-31-30-34-15-4-6-18-38(34)52(46)45-32-48-53(44-23-11-12-25-47(44)56-48)50(54(45)55)36-28-26-35(27-29-36)49-40-19-7-9-21-42(40)51(43-22-10-8-20-41(43)49)39-24-13-16-33-14-3-5-17-37(33)39/h3-32H,1-2H3. The second kappa shape index (κ2) is 11.5. The van der Waals surface area contributed by atoms with E-state index in [1.807, 2.05) is 0 Å². The summed E-state index contributed by atoms with van der Waals surface area (Å²) in [4.78, 5) is 0. The summed E-state index contributed by atoms with van der Waals surface area (Å²) in [6.07, 6.45) is 0. The van der Waals surface area contributed by atoms with E-state index in [2.05, 4.69) is 196 Å². The number of rotatable bonds is 3. The van der Waals surface area contributed by atoms with Crippen molar-refractivity contribution < 1.29 is 4.42 Å². The van der Waals surface area contributed by atoms with Gasteiger partial charge in [-0.15, -0.1) is 0 Å². The molecule has 0 saturated carbocycles. The maximum atomic E-state index is 6.70. The number of hydrogen-bond donors (Lipinski definition) is 0. The van der Waals surface area contributed by atoms with Crippen molar-refractivity contribution >= 4 is 65.0 Å². The molecule has 1 nitrogen and oxygen atoms in total. The molecule has 10 aromatic carbocycles. The minimum atomic E-state index is -0.223. The molecule has 0 spiro atoms. The van der Waals surface area contributed by atoms with Crippen molar-refractivity contribution in [2.24, 2.45) is 0 Å². The van der Waals surface area contributed by atoms with E-state index in [9.17, 15) is 0 Å². The van der Waals surface area contributed by atoms with Gasteiger partial charge in [-0.2, -0.15) is 0 Å². The van der Waals surface area contributed by atoms with Gasteiger partial charge in [0.15, 0.2) is 0 Å². The lowest BCUT2D eigenvalue weighted by atomic mass is 9.77. The van der Waals surface area contributed by atoms with Crippen LogP contribution in [0.5, 0.6) is 0 Å². The molecule has 0 bridgehead atoms. The van der Waals surface area contributed by atoms with Crippen molar-refractivity contribution in [3.05, 3.63) is 193 Å². The van der Waals surface area contributed by atoms with E-state index >= 15 is 0 Å². The molecule has 12 rings (SSSR count). The molecule has 262 valence electrons. The summed E-state index contributed by atoms with van der Waals surface area (Å²) in [5.41, 5.74) is 14.5. The normalized spacial score (nSPS) is 13.3. The highest BCUT2D eigenvalue weighted by atomic mass is 16.3. The Morgan fingerprint density at radius 1 is 0.357 bits per heavy atom. The van der Waals surface area contributed by atoms with E-state index in [1.165, 1.54) is 104 Å². The zero-order valence-electron chi connectivity index (χ0n) is 31.2. The van der Waals surface area contributed by atoms with Gasteiger partial charge in [0.05, 0.1) is 0 Å². The molecule has 1 aliphatic rings. The summed E-state index contributed by atoms with van der Waals surface area (Å²) >= 11 is 0. The summed E-state index contributed by atoms with van der Waals surface area (Å²) in [6.45, 7) is 4.79. The Bertz CT molecular complexity index is 3370. The molecule has 1 heterocycles. The van der Waals surface area contributed by atoms with Crippen LogP contribution in [0.3, 0.4) is 0 Å². The van der Waals surface area contributed by atoms with Crippen molar-refractivity contribution in [1.82, 2.24) is 0 Å². The van der Waals surface area contributed by atoms with E-state index in [4.69, 9.17) is 4.42 Å². The van der Waals surface area contributed by atoms with Gasteiger partial charge in [-0.25, -0.2) is 0 Å². The lowest BCUT2D eigenvalue weighted by molar-refractivity contribution is 0.659. The molecule has 1 aromatic heterocycles. The Morgan fingerprint density at radius 3 is 1.55 bits per heavy atom. The Balaban J connectivity index is 1.12. The van der Waals surface area contributed by atoms with Crippen molar-refractivity contribution in [1.29, 1.82) is 0 Å². The monoisotopic (exact) mass is 712 g/mol. The molecule has 0 aliphatic heterocycles. The third-order valence-electron chi connectivity index (χ3n) is 12.6. The number of furan rings is 1. The second-order valence-corrected chi connectivity index (χ2v) is 15.9. The van der Waals surface area contributed by atoms with E-state index in [-0.39, 0.29) is 5.41 Å². The number of para-hydroxylation sites is 1. The molecule has 0 N–H and O–H groups in total. The van der Waals surface area contributed by atoms with Gasteiger partial charge in [-0.1, -0.05) is 184 Å². The van der Waals surface area contributed by atoms with E-state index in [1.54, 1.807) is 0 Å². The van der Waals surface area contributed by atoms with Gasteiger partial charge in [0, 0.05) is 16.2 Å². The van der Waals surface area contributed by atoms with Crippen LogP contribution < -0.4 is 0 Å². The third-order valence-corrected chi connectivity index (χ3v) is 12.6. The number of hydrogen-bond acceptors (Lipinski definition) is 1. The van der Waals surface area contributed by atoms with Crippen LogP contribution >= 0.6 is 0 Å². The van der Waals surface area contributed by atoms with Crippen LogP contribution in [0.2, 0.25) is 0 Å². The predicted molar refractivity (Wildman–Crippen MR) is 238 cm³/mol. The molecule has 0 amide bonds. The first-order chi connectivity index (χ1) is 27.6. The van der Waals surface area contributed by atoms with Crippen LogP contribution in [0.25, 0.3) is 110 Å². The first kappa shape index (κ1) is 31.4. The fourth-order valence-corrected chi connectivity index (χ4v) is 10.2. The SMILES string of the molecule is CC1(C)c2ccc3ccccc3c2-c2cc3oc4ccccc4c3c(-c3ccc(-c4c5ccccc5c(-c5cccc6ccccc56)c5ccccc45)cc3)c21. The molecule has 1 heteroatoms. The Labute approximate surface area is 325 Å². The Morgan fingerprint density at radius 2 is 0.875 bits per heavy atom. The third kappa shape index (κ3) is 4.26. The first-order valence-electron chi connectivity index (χ1n) is 19.6. The number of fused-ring (bicyclic) bond motifs is 11. The van der Waals surface area contributed by atoms with Gasteiger partial charge >= 0.3 is 0 Å². The summed E-state index contributed by atoms with van der Waals surface area (Å²) in [5, 5.41) is 12.5. The van der Waals surface area contributed by atoms with Crippen LogP contribution in [0.15, 0.2) is 186 Å². The fraction of sp³-hybridized carbons (Fsp3) is 0.0545. The predicted octanol–water partition coefficient (Wildman–Crippen LogP) is 15.5. The maximum Gasteiger partial charge on any atom is 0.136 e. The van der Waals surface area contributed by atoms with E-state index < -0.39 is 0 Å². The fourth-order valence-electron chi connectivity index (χ4n) is 10.2. The lowest BCUT2D eigenvalue weighted by Crippen LogP contribution is -2.16. The quantitative estimate of drug-likeness (QED) is 0.166. The molecule has 0 atom stereocenters. The Kier molecular flexibility index (Phi) is 6.46. The Hall–Kier alpha value is -6.96. The van der Waals surface area contributed by atoms with Gasteiger partial charge in [0.1, 0.15) is 11.2 Å². The minimum absolute atomic E-state index is 0.223. The number of benzene rings is 10. The van der Waals surface area contributed by atoms with Crippen molar-refractivity contribution in [3.63, 3.8) is 0 Å². The zero-order valence-corrected chi connectivity index (χ0v) is 31.2. The summed E-state index contributed by atoms with van der Waals surface area (Å²) in [5.74, 6) is 0. The van der Waals surface area contributed by atoms with Gasteiger partial charge in [0.25, 0.3) is 0 Å². The smallest absolute Gasteiger partial charge is 0.136 e. The average molecular weight is 713 g/mol. The molecule has 11 aromatic rings. The van der Waals surface area contributed by atoms with E-state index in [0.717, 1.165) is 16.6 Å². The molecular weight excluding hydrogens is 677 g/mol. The first-order valence-corrected chi connectivity index (χ1v) is 19.6. The van der Waals surface area contributed by atoms with Crippen molar-refractivity contribution in [3.8, 4) is 44.5 Å². The van der Waals surface area contributed by atoms with Crippen LogP contribution in [-0.2, 0) is 5.41 Å². The summed E-state index contributed by atoms with van der Waals surface area (Å²) in [7, 11) is 0. The van der Waals surface area contributed by atoms with Gasteiger partial charge in [0.2, 0.25) is 0 Å². The second-order valence-electron chi connectivity index (χ2n) is 15.9. The summed E-state index contributed by atoms with van der Waals surface area (Å²) in [6, 6.07) is 67.0. The van der Waals surface area contributed by atoms with Crippen LogP contribution in [0.4, 0.5) is 0 Å². The molecule has 0 unspecified atom stereocenters.